The van der Waals surface area contributed by atoms with Crippen molar-refractivity contribution in [3.05, 3.63) is 66.7 Å². The van der Waals surface area contributed by atoms with Crippen LogP contribution in [0.1, 0.15) is 5.56 Å². The minimum Gasteiger partial charge on any atom is -0.449 e. The largest absolute Gasteiger partial charge is 0.449 e. The van der Waals surface area contributed by atoms with E-state index in [1.807, 2.05) is 49.6 Å². The Balaban J connectivity index is 1.47. The fourth-order valence-corrected chi connectivity index (χ4v) is 3.91. The van der Waals surface area contributed by atoms with Crippen LogP contribution >= 0.6 is 0 Å². The van der Waals surface area contributed by atoms with E-state index in [0.717, 1.165) is 41.4 Å². The van der Waals surface area contributed by atoms with Crippen molar-refractivity contribution in [1.29, 1.82) is 0 Å². The maximum atomic E-state index is 6.21. The smallest absolute Gasteiger partial charge is 0.253 e. The normalized spacial score (nSPS) is 14.2. The first-order chi connectivity index (χ1) is 16.2. The highest BCUT2D eigenvalue weighted by atomic mass is 16.5. The van der Waals surface area contributed by atoms with Gasteiger partial charge >= 0.3 is 0 Å². The Morgan fingerprint density at radius 3 is 2.70 bits per heavy atom. The van der Waals surface area contributed by atoms with Crippen LogP contribution < -0.4 is 4.90 Å². The third-order valence-electron chi connectivity index (χ3n) is 5.53. The third kappa shape index (κ3) is 3.72. The summed E-state index contributed by atoms with van der Waals surface area (Å²) < 4.78 is 13.4. The number of aromatic nitrogens is 6. The topological polar surface area (TPSA) is 95.0 Å². The highest BCUT2D eigenvalue weighted by Crippen LogP contribution is 2.32. The number of nitrogens with zero attached hydrogens (tertiary/aromatic N) is 7. The fourth-order valence-electron chi connectivity index (χ4n) is 3.91. The molecule has 0 N–H and O–H groups in total. The first-order valence-corrected chi connectivity index (χ1v) is 10.8. The summed E-state index contributed by atoms with van der Waals surface area (Å²) in [5, 5.41) is 4.72. The van der Waals surface area contributed by atoms with Gasteiger partial charge in [0.05, 0.1) is 18.9 Å². The summed E-state index contributed by atoms with van der Waals surface area (Å²) in [5.74, 6) is 1.86. The Morgan fingerprint density at radius 1 is 0.970 bits per heavy atom. The lowest BCUT2D eigenvalue weighted by Gasteiger charge is -2.27. The molecule has 0 unspecified atom stereocenters. The molecule has 5 aromatic heterocycles. The second kappa shape index (κ2) is 8.10. The number of aryl methyl sites for hydroxylation is 1. The molecule has 1 aliphatic heterocycles. The van der Waals surface area contributed by atoms with Gasteiger partial charge in [-0.25, -0.2) is 9.67 Å². The Hall–Kier alpha value is -4.11. The van der Waals surface area contributed by atoms with Gasteiger partial charge in [-0.1, -0.05) is 6.07 Å². The van der Waals surface area contributed by atoms with E-state index in [0.29, 0.717) is 36.0 Å². The van der Waals surface area contributed by atoms with Crippen molar-refractivity contribution >= 4 is 16.9 Å². The van der Waals surface area contributed by atoms with Crippen molar-refractivity contribution < 1.29 is 9.15 Å². The quantitative estimate of drug-likeness (QED) is 0.419. The predicted molar refractivity (Wildman–Crippen MR) is 123 cm³/mol. The van der Waals surface area contributed by atoms with Gasteiger partial charge in [0.1, 0.15) is 11.2 Å². The molecule has 1 fully saturated rings. The molecule has 0 aromatic carbocycles. The molecule has 0 amide bonds. The molecule has 6 rings (SSSR count). The average molecular weight is 439 g/mol. The number of fused-ring (bicyclic) bond motifs is 1. The van der Waals surface area contributed by atoms with Crippen LogP contribution in [0.25, 0.3) is 39.8 Å². The maximum absolute atomic E-state index is 6.21. The molecule has 1 saturated heterocycles. The molecular weight excluding hydrogens is 418 g/mol. The Bertz CT molecular complexity index is 1420. The monoisotopic (exact) mass is 439 g/mol. The van der Waals surface area contributed by atoms with E-state index in [2.05, 4.69) is 20.9 Å². The SMILES string of the molecule is Cc1cncc(-c2ccn(-c3nc(N4CCOCC4)c4oc(-c5ccccn5)cc4n3)n2)c1. The summed E-state index contributed by atoms with van der Waals surface area (Å²) in [5.41, 5.74) is 4.93. The van der Waals surface area contributed by atoms with Gasteiger partial charge in [0, 0.05) is 49.5 Å². The third-order valence-corrected chi connectivity index (χ3v) is 5.53. The molecule has 0 radical (unpaired) electrons. The molecule has 6 heterocycles. The van der Waals surface area contributed by atoms with Crippen LogP contribution in [0, 0.1) is 6.92 Å². The van der Waals surface area contributed by atoms with Gasteiger partial charge in [0.15, 0.2) is 17.2 Å². The number of rotatable bonds is 4. The van der Waals surface area contributed by atoms with E-state index in [9.17, 15) is 0 Å². The van der Waals surface area contributed by atoms with E-state index in [4.69, 9.17) is 24.2 Å². The molecule has 33 heavy (non-hydrogen) atoms. The van der Waals surface area contributed by atoms with Crippen LogP contribution in [0.15, 0.2) is 65.6 Å². The van der Waals surface area contributed by atoms with E-state index in [-0.39, 0.29) is 0 Å². The van der Waals surface area contributed by atoms with Crippen LogP contribution in [0.4, 0.5) is 5.82 Å². The Morgan fingerprint density at radius 2 is 1.88 bits per heavy atom. The number of ether oxygens (including phenoxy) is 1. The molecule has 0 saturated carbocycles. The molecule has 0 spiro atoms. The highest BCUT2D eigenvalue weighted by Gasteiger charge is 2.22. The van der Waals surface area contributed by atoms with Crippen molar-refractivity contribution in [3.8, 4) is 28.7 Å². The lowest BCUT2D eigenvalue weighted by atomic mass is 10.2. The average Bonchev–Trinajstić information content (AvgIpc) is 3.52. The summed E-state index contributed by atoms with van der Waals surface area (Å²) in [4.78, 5) is 20.5. The molecule has 0 atom stereocenters. The number of hydrogen-bond acceptors (Lipinski definition) is 8. The van der Waals surface area contributed by atoms with Crippen LogP contribution in [0.5, 0.6) is 0 Å². The molecule has 1 aliphatic rings. The van der Waals surface area contributed by atoms with Gasteiger partial charge in [-0.15, -0.1) is 0 Å². The lowest BCUT2D eigenvalue weighted by Crippen LogP contribution is -2.37. The molecule has 0 bridgehead atoms. The van der Waals surface area contributed by atoms with Gasteiger partial charge in [-0.2, -0.15) is 10.1 Å². The fraction of sp³-hybridized carbons (Fsp3) is 0.208. The number of anilines is 1. The Labute approximate surface area is 189 Å². The Kier molecular flexibility index (Phi) is 4.80. The number of morpholine rings is 1. The standard InChI is InChI=1S/C24H21N7O2/c1-16-12-17(15-25-14-16)18-5-7-31(29-18)24-27-20-13-21(19-4-2-3-6-26-19)33-22(20)23(28-24)30-8-10-32-11-9-30/h2-7,12-15H,8-11H2,1H3. The molecule has 164 valence electrons. The van der Waals surface area contributed by atoms with Gasteiger partial charge < -0.3 is 14.1 Å². The minimum absolute atomic E-state index is 0.476. The van der Waals surface area contributed by atoms with Crippen molar-refractivity contribution in [3.63, 3.8) is 0 Å². The second-order valence-corrected chi connectivity index (χ2v) is 7.88. The summed E-state index contributed by atoms with van der Waals surface area (Å²) in [6.07, 6.45) is 7.23. The van der Waals surface area contributed by atoms with E-state index >= 15 is 0 Å². The van der Waals surface area contributed by atoms with Crippen LogP contribution in [0.2, 0.25) is 0 Å². The van der Waals surface area contributed by atoms with Gasteiger partial charge in [-0.3, -0.25) is 9.97 Å². The predicted octanol–water partition coefficient (Wildman–Crippen LogP) is 3.68. The summed E-state index contributed by atoms with van der Waals surface area (Å²) in [6, 6.07) is 11.6. The zero-order valence-corrected chi connectivity index (χ0v) is 18.0. The minimum atomic E-state index is 0.476. The van der Waals surface area contributed by atoms with E-state index in [1.54, 1.807) is 17.1 Å². The number of hydrogen-bond donors (Lipinski definition) is 0. The van der Waals surface area contributed by atoms with Crippen LogP contribution in [0.3, 0.4) is 0 Å². The van der Waals surface area contributed by atoms with Crippen LogP contribution in [-0.2, 0) is 4.74 Å². The zero-order chi connectivity index (χ0) is 22.2. The maximum Gasteiger partial charge on any atom is 0.253 e. The van der Waals surface area contributed by atoms with Gasteiger partial charge in [0.25, 0.3) is 5.95 Å². The summed E-state index contributed by atoms with van der Waals surface area (Å²) >= 11 is 0. The molecule has 5 aromatic rings. The first kappa shape index (κ1) is 19.6. The van der Waals surface area contributed by atoms with Gasteiger partial charge in [0.2, 0.25) is 0 Å². The molecule has 9 nitrogen and oxygen atoms in total. The lowest BCUT2D eigenvalue weighted by molar-refractivity contribution is 0.122. The van der Waals surface area contributed by atoms with Gasteiger partial charge in [-0.05, 0) is 36.8 Å². The van der Waals surface area contributed by atoms with Crippen molar-refractivity contribution in [2.75, 3.05) is 31.2 Å². The molecule has 0 aliphatic carbocycles. The summed E-state index contributed by atoms with van der Waals surface area (Å²) in [7, 11) is 0. The first-order valence-electron chi connectivity index (χ1n) is 10.8. The van der Waals surface area contributed by atoms with E-state index < -0.39 is 0 Å². The van der Waals surface area contributed by atoms with Crippen LogP contribution in [-0.4, -0.2) is 56.0 Å². The number of furan rings is 1. The number of pyridine rings is 2. The van der Waals surface area contributed by atoms with Crippen molar-refractivity contribution in [1.82, 2.24) is 29.7 Å². The zero-order valence-electron chi connectivity index (χ0n) is 18.0. The molecular formula is C24H21N7O2. The second-order valence-electron chi connectivity index (χ2n) is 7.88. The highest BCUT2D eigenvalue weighted by molar-refractivity contribution is 5.88. The van der Waals surface area contributed by atoms with Crippen molar-refractivity contribution in [2.45, 2.75) is 6.92 Å². The molecule has 9 heteroatoms. The summed E-state index contributed by atoms with van der Waals surface area (Å²) in [6.45, 7) is 4.74. The van der Waals surface area contributed by atoms with E-state index in [1.165, 1.54) is 0 Å². The van der Waals surface area contributed by atoms with Crippen molar-refractivity contribution in [2.24, 2.45) is 0 Å².